The first-order chi connectivity index (χ1) is 13.0. The molecule has 0 amide bonds. The molecule has 7 nitrogen and oxygen atoms in total. The van der Waals surface area contributed by atoms with Gasteiger partial charge >= 0.3 is 0 Å². The van der Waals surface area contributed by atoms with Crippen LogP contribution < -0.4 is 0 Å². The molecule has 164 valence electrons. The summed E-state index contributed by atoms with van der Waals surface area (Å²) >= 11 is 0. The highest BCUT2D eigenvalue weighted by Gasteiger charge is 2.28. The Morgan fingerprint density at radius 1 is 1.14 bits per heavy atom. The summed E-state index contributed by atoms with van der Waals surface area (Å²) < 4.78 is 31.1. The normalized spacial score (nSPS) is 17.8. The van der Waals surface area contributed by atoms with Crippen LogP contribution in [0.2, 0.25) is 0 Å². The van der Waals surface area contributed by atoms with Gasteiger partial charge in [-0.1, -0.05) is 38.8 Å². The highest BCUT2D eigenvalue weighted by Crippen LogP contribution is 2.23. The van der Waals surface area contributed by atoms with Crippen molar-refractivity contribution in [2.75, 3.05) is 31.2 Å². The monoisotopic (exact) mass is 416 g/mol. The van der Waals surface area contributed by atoms with Gasteiger partial charge in [-0.3, -0.25) is 4.90 Å². The van der Waals surface area contributed by atoms with E-state index in [4.69, 9.17) is 4.74 Å². The highest BCUT2D eigenvalue weighted by molar-refractivity contribution is 7.91. The second-order valence-corrected chi connectivity index (χ2v) is 10.9. The van der Waals surface area contributed by atoms with Crippen molar-refractivity contribution >= 4 is 9.84 Å². The summed E-state index contributed by atoms with van der Waals surface area (Å²) in [6, 6.07) is 0. The summed E-state index contributed by atoms with van der Waals surface area (Å²) in [6.45, 7) is 17.0. The van der Waals surface area contributed by atoms with Crippen molar-refractivity contribution in [1.29, 1.82) is 0 Å². The molecule has 2 rings (SSSR count). The van der Waals surface area contributed by atoms with Gasteiger partial charge in [0.15, 0.2) is 9.84 Å². The Hall–Kier alpha value is -0.990. The summed E-state index contributed by atoms with van der Waals surface area (Å²) in [5, 5.41) is 8.56. The number of rotatable bonds is 9. The van der Waals surface area contributed by atoms with Gasteiger partial charge in [0.2, 0.25) is 0 Å². The molecule has 8 heteroatoms. The zero-order valence-electron chi connectivity index (χ0n) is 18.9. The fraction of sp³-hybridized carbons (Fsp3) is 0.900. The van der Waals surface area contributed by atoms with Crippen LogP contribution in [0.1, 0.15) is 73.4 Å². The van der Waals surface area contributed by atoms with E-state index in [1.807, 2.05) is 24.7 Å². The molecule has 1 aromatic rings. The molecule has 0 aliphatic carbocycles. The molecule has 1 aliphatic rings. The number of hydrogen-bond acceptors (Lipinski definition) is 6. The molecule has 1 aromatic heterocycles. The molecule has 0 unspecified atom stereocenters. The van der Waals surface area contributed by atoms with Gasteiger partial charge in [-0.15, -0.1) is 5.10 Å². The Bertz CT molecular complexity index is 669. The van der Waals surface area contributed by atoms with E-state index in [-0.39, 0.29) is 22.6 Å². The average molecular weight is 417 g/mol. The van der Waals surface area contributed by atoms with E-state index in [2.05, 4.69) is 49.8 Å². The van der Waals surface area contributed by atoms with E-state index in [1.165, 1.54) is 6.42 Å². The van der Waals surface area contributed by atoms with Crippen molar-refractivity contribution in [3.63, 3.8) is 0 Å². The molecule has 0 aromatic carbocycles. The van der Waals surface area contributed by atoms with Crippen LogP contribution in [0, 0.1) is 0 Å². The fourth-order valence-corrected chi connectivity index (χ4v) is 4.19. The van der Waals surface area contributed by atoms with Crippen molar-refractivity contribution in [1.82, 2.24) is 19.9 Å². The second-order valence-electron chi connectivity index (χ2n) is 8.55. The summed E-state index contributed by atoms with van der Waals surface area (Å²) in [4.78, 5) is 2.12. The first-order valence-corrected chi connectivity index (χ1v) is 12.3. The van der Waals surface area contributed by atoms with Gasteiger partial charge in [0.05, 0.1) is 41.1 Å². The lowest BCUT2D eigenvalue weighted by Gasteiger charge is -2.32. The maximum Gasteiger partial charge on any atom is 0.152 e. The smallest absolute Gasteiger partial charge is 0.152 e. The number of hydrogen-bond donors (Lipinski definition) is 0. The number of aromatic nitrogens is 3. The van der Waals surface area contributed by atoms with Gasteiger partial charge in [0.25, 0.3) is 0 Å². The molecule has 1 saturated heterocycles. The van der Waals surface area contributed by atoms with Crippen LogP contribution in [0.5, 0.6) is 0 Å². The zero-order chi connectivity index (χ0) is 21.4. The third-order valence-corrected chi connectivity index (χ3v) is 6.54. The fourth-order valence-electron chi connectivity index (χ4n) is 2.92. The molecule has 1 aliphatic heterocycles. The number of nitrogens with zero attached hydrogens (tertiary/aromatic N) is 4. The van der Waals surface area contributed by atoms with Gasteiger partial charge < -0.3 is 4.74 Å². The van der Waals surface area contributed by atoms with Gasteiger partial charge in [0, 0.05) is 19.6 Å². The molecule has 0 bridgehead atoms. The van der Waals surface area contributed by atoms with E-state index in [0.717, 1.165) is 18.5 Å². The highest BCUT2D eigenvalue weighted by atomic mass is 32.2. The summed E-state index contributed by atoms with van der Waals surface area (Å²) in [5.41, 5.74) is 0.429. The molecule has 0 saturated carbocycles. The van der Waals surface area contributed by atoms with E-state index in [9.17, 15) is 8.42 Å². The Morgan fingerprint density at radius 3 is 2.32 bits per heavy atom. The Kier molecular flexibility index (Phi) is 9.56. The van der Waals surface area contributed by atoms with Crippen LogP contribution in [0.15, 0.2) is 6.20 Å². The summed E-state index contributed by atoms with van der Waals surface area (Å²) in [6.07, 6.45) is 5.32. The molecule has 0 N–H and O–H groups in total. The van der Waals surface area contributed by atoms with Crippen LogP contribution in [0.4, 0.5) is 0 Å². The zero-order valence-corrected chi connectivity index (χ0v) is 19.7. The minimum atomic E-state index is -2.85. The van der Waals surface area contributed by atoms with Gasteiger partial charge in [-0.05, 0) is 34.1 Å². The van der Waals surface area contributed by atoms with Crippen LogP contribution in [-0.4, -0.2) is 65.1 Å². The van der Waals surface area contributed by atoms with Crippen molar-refractivity contribution < 1.29 is 13.2 Å². The first-order valence-electron chi connectivity index (χ1n) is 10.5. The standard InChI is InChI=1S/C18H34N4O3S.C2H6/c1-6-7-8-18(4,5)25-15-17(2,3)22-14-16(19-20-22)13-21-9-11-26(23,24)12-10-21;1-2/h14H,6-13,15H2,1-5H3;1-2H3. The molecule has 28 heavy (non-hydrogen) atoms. The van der Waals surface area contributed by atoms with Crippen molar-refractivity contribution in [2.24, 2.45) is 0 Å². The molecular formula is C20H40N4O3S. The lowest BCUT2D eigenvalue weighted by Crippen LogP contribution is -2.39. The SMILES string of the molecule is CC.CCCCC(C)(C)OCC(C)(C)n1cc(CN2CCS(=O)(=O)CC2)nn1. The van der Waals surface area contributed by atoms with E-state index in [0.29, 0.717) is 26.2 Å². The largest absolute Gasteiger partial charge is 0.373 e. The number of unbranched alkanes of at least 4 members (excludes halogenated alkanes) is 1. The minimum absolute atomic E-state index is 0.143. The molecule has 1 fully saturated rings. The summed E-state index contributed by atoms with van der Waals surface area (Å²) in [7, 11) is -2.85. The van der Waals surface area contributed by atoms with Crippen molar-refractivity contribution in [3.8, 4) is 0 Å². The van der Waals surface area contributed by atoms with Gasteiger partial charge in [-0.2, -0.15) is 0 Å². The van der Waals surface area contributed by atoms with E-state index in [1.54, 1.807) is 0 Å². The third kappa shape index (κ3) is 8.17. The van der Waals surface area contributed by atoms with E-state index < -0.39 is 9.84 Å². The van der Waals surface area contributed by atoms with Gasteiger partial charge in [-0.25, -0.2) is 13.1 Å². The van der Waals surface area contributed by atoms with E-state index >= 15 is 0 Å². The number of sulfone groups is 1. The minimum Gasteiger partial charge on any atom is -0.373 e. The first kappa shape index (κ1) is 25.0. The van der Waals surface area contributed by atoms with Crippen molar-refractivity contribution in [2.45, 2.75) is 85.4 Å². The van der Waals surface area contributed by atoms with Crippen LogP contribution in [-0.2, 0) is 26.7 Å². The maximum absolute atomic E-state index is 11.5. The average Bonchev–Trinajstić information content (AvgIpc) is 3.12. The maximum atomic E-state index is 11.5. The Morgan fingerprint density at radius 2 is 1.75 bits per heavy atom. The van der Waals surface area contributed by atoms with Crippen molar-refractivity contribution in [3.05, 3.63) is 11.9 Å². The van der Waals surface area contributed by atoms with Gasteiger partial charge in [0.1, 0.15) is 0 Å². The Labute approximate surface area is 171 Å². The van der Waals surface area contributed by atoms with Crippen LogP contribution >= 0.6 is 0 Å². The molecule has 0 radical (unpaired) electrons. The second kappa shape index (κ2) is 10.7. The third-order valence-electron chi connectivity index (χ3n) is 4.93. The quantitative estimate of drug-likeness (QED) is 0.615. The molecule has 0 atom stereocenters. The van der Waals surface area contributed by atoms with Crippen LogP contribution in [0.3, 0.4) is 0 Å². The molecular weight excluding hydrogens is 376 g/mol. The lowest BCUT2D eigenvalue weighted by atomic mass is 10.0. The number of ether oxygens (including phenoxy) is 1. The molecule has 2 heterocycles. The lowest BCUT2D eigenvalue weighted by molar-refractivity contribution is -0.0592. The molecule has 0 spiro atoms. The Balaban J connectivity index is 0.00000190. The predicted molar refractivity (Wildman–Crippen MR) is 114 cm³/mol. The topological polar surface area (TPSA) is 77.3 Å². The summed E-state index contributed by atoms with van der Waals surface area (Å²) in [5.74, 6) is 0.459. The van der Waals surface area contributed by atoms with Crippen LogP contribution in [0.25, 0.3) is 0 Å². The predicted octanol–water partition coefficient (Wildman–Crippen LogP) is 3.26.